The predicted molar refractivity (Wildman–Crippen MR) is 71.5 cm³/mol. The van der Waals surface area contributed by atoms with E-state index < -0.39 is 0 Å². The van der Waals surface area contributed by atoms with Crippen LogP contribution in [-0.2, 0) is 0 Å². The monoisotopic (exact) mass is 246 g/mol. The number of rotatable bonds is 4. The molecule has 2 N–H and O–H groups in total. The summed E-state index contributed by atoms with van der Waals surface area (Å²) in [6.07, 6.45) is 0. The van der Waals surface area contributed by atoms with E-state index in [2.05, 4.69) is 10.1 Å². The highest BCUT2D eigenvalue weighted by Crippen LogP contribution is 2.22. The number of nitrogens with zero attached hydrogens (tertiary/aromatic N) is 3. The fraction of sp³-hybridized carbons (Fsp3) is 0.385. The molecule has 1 unspecified atom stereocenters. The van der Waals surface area contributed by atoms with Crippen molar-refractivity contribution < 1.29 is 4.52 Å². The fourth-order valence-corrected chi connectivity index (χ4v) is 1.56. The van der Waals surface area contributed by atoms with Crippen molar-refractivity contribution in [3.63, 3.8) is 0 Å². The molecule has 0 aliphatic carbocycles. The third-order valence-electron chi connectivity index (χ3n) is 2.87. The zero-order valence-corrected chi connectivity index (χ0v) is 10.9. The Balaban J connectivity index is 2.23. The van der Waals surface area contributed by atoms with Gasteiger partial charge in [-0.05, 0) is 24.3 Å². The number of benzene rings is 1. The van der Waals surface area contributed by atoms with Gasteiger partial charge < -0.3 is 15.2 Å². The molecule has 18 heavy (non-hydrogen) atoms. The first-order valence-corrected chi connectivity index (χ1v) is 5.93. The van der Waals surface area contributed by atoms with Crippen molar-refractivity contribution in [2.45, 2.75) is 12.8 Å². The highest BCUT2D eigenvalue weighted by Gasteiger charge is 2.13. The molecule has 96 valence electrons. The van der Waals surface area contributed by atoms with E-state index in [9.17, 15) is 0 Å². The minimum absolute atomic E-state index is 0.114. The SMILES string of the molecule is CC(CN)c1noc(-c2ccc(N(C)C)cc2)n1. The van der Waals surface area contributed by atoms with Gasteiger partial charge in [0.1, 0.15) is 0 Å². The fourth-order valence-electron chi connectivity index (χ4n) is 1.56. The third-order valence-corrected chi connectivity index (χ3v) is 2.87. The van der Waals surface area contributed by atoms with E-state index in [0.29, 0.717) is 18.3 Å². The smallest absolute Gasteiger partial charge is 0.257 e. The molecule has 0 bridgehead atoms. The minimum Gasteiger partial charge on any atom is -0.378 e. The van der Waals surface area contributed by atoms with E-state index in [0.717, 1.165) is 11.3 Å². The molecule has 0 aliphatic heterocycles. The Morgan fingerprint density at radius 3 is 2.50 bits per heavy atom. The van der Waals surface area contributed by atoms with Crippen LogP contribution in [0.2, 0.25) is 0 Å². The van der Waals surface area contributed by atoms with Crippen LogP contribution in [-0.4, -0.2) is 30.8 Å². The molecule has 1 atom stereocenters. The molecule has 0 radical (unpaired) electrons. The summed E-state index contributed by atoms with van der Waals surface area (Å²) in [6, 6.07) is 7.98. The summed E-state index contributed by atoms with van der Waals surface area (Å²) in [5.74, 6) is 1.31. The maximum Gasteiger partial charge on any atom is 0.257 e. The van der Waals surface area contributed by atoms with Crippen molar-refractivity contribution >= 4 is 5.69 Å². The molecule has 2 aromatic rings. The molecular formula is C13H18N4O. The van der Waals surface area contributed by atoms with Gasteiger partial charge in [-0.3, -0.25) is 0 Å². The molecule has 2 rings (SSSR count). The van der Waals surface area contributed by atoms with Crippen LogP contribution in [0.25, 0.3) is 11.5 Å². The molecule has 5 nitrogen and oxygen atoms in total. The molecule has 1 aromatic heterocycles. The Morgan fingerprint density at radius 2 is 1.94 bits per heavy atom. The number of hydrogen-bond acceptors (Lipinski definition) is 5. The average molecular weight is 246 g/mol. The van der Waals surface area contributed by atoms with Crippen molar-refractivity contribution in [3.8, 4) is 11.5 Å². The highest BCUT2D eigenvalue weighted by atomic mass is 16.5. The van der Waals surface area contributed by atoms with Crippen LogP contribution < -0.4 is 10.6 Å². The van der Waals surface area contributed by atoms with Crippen molar-refractivity contribution in [2.75, 3.05) is 25.5 Å². The summed E-state index contributed by atoms with van der Waals surface area (Å²) in [6.45, 7) is 2.49. The van der Waals surface area contributed by atoms with Gasteiger partial charge in [0, 0.05) is 37.8 Å². The lowest BCUT2D eigenvalue weighted by atomic mass is 10.1. The molecule has 1 aromatic carbocycles. The first-order valence-electron chi connectivity index (χ1n) is 5.93. The van der Waals surface area contributed by atoms with Gasteiger partial charge >= 0.3 is 0 Å². The molecule has 0 saturated carbocycles. The van der Waals surface area contributed by atoms with E-state index in [1.165, 1.54) is 0 Å². The van der Waals surface area contributed by atoms with Gasteiger partial charge in [0.25, 0.3) is 5.89 Å². The number of anilines is 1. The topological polar surface area (TPSA) is 68.2 Å². The van der Waals surface area contributed by atoms with Crippen LogP contribution in [0.5, 0.6) is 0 Å². The predicted octanol–water partition coefficient (Wildman–Crippen LogP) is 1.86. The lowest BCUT2D eigenvalue weighted by molar-refractivity contribution is 0.418. The molecule has 5 heteroatoms. The van der Waals surface area contributed by atoms with Gasteiger partial charge in [0.15, 0.2) is 5.82 Å². The Morgan fingerprint density at radius 1 is 1.28 bits per heavy atom. The normalized spacial score (nSPS) is 12.4. The largest absolute Gasteiger partial charge is 0.378 e. The third kappa shape index (κ3) is 2.51. The quantitative estimate of drug-likeness (QED) is 0.891. The van der Waals surface area contributed by atoms with Crippen LogP contribution in [0.3, 0.4) is 0 Å². The van der Waals surface area contributed by atoms with Crippen molar-refractivity contribution in [1.29, 1.82) is 0 Å². The lowest BCUT2D eigenvalue weighted by Crippen LogP contribution is -2.10. The molecule has 0 saturated heterocycles. The maximum absolute atomic E-state index is 5.58. The first kappa shape index (κ1) is 12.6. The zero-order chi connectivity index (χ0) is 13.1. The average Bonchev–Trinajstić information content (AvgIpc) is 2.87. The van der Waals surface area contributed by atoms with E-state index in [-0.39, 0.29) is 5.92 Å². The Hall–Kier alpha value is -1.88. The standard InChI is InChI=1S/C13H18N4O/c1-9(8-14)12-15-13(18-16-12)10-4-6-11(7-5-10)17(2)3/h4-7,9H,8,14H2,1-3H3. The van der Waals surface area contributed by atoms with Crippen molar-refractivity contribution in [2.24, 2.45) is 5.73 Å². The molecule has 0 aliphatic rings. The molecular weight excluding hydrogens is 228 g/mol. The van der Waals surface area contributed by atoms with Gasteiger partial charge in [-0.25, -0.2) is 0 Å². The summed E-state index contributed by atoms with van der Waals surface area (Å²) in [7, 11) is 4.01. The van der Waals surface area contributed by atoms with Gasteiger partial charge in [-0.15, -0.1) is 0 Å². The zero-order valence-electron chi connectivity index (χ0n) is 10.9. The van der Waals surface area contributed by atoms with Gasteiger partial charge in [0.2, 0.25) is 0 Å². The number of hydrogen-bond donors (Lipinski definition) is 1. The maximum atomic E-state index is 5.58. The van der Waals surface area contributed by atoms with E-state index in [4.69, 9.17) is 10.3 Å². The Kier molecular flexibility index (Phi) is 3.62. The van der Waals surface area contributed by atoms with E-state index >= 15 is 0 Å². The second kappa shape index (κ2) is 5.18. The number of nitrogens with two attached hydrogens (primary N) is 1. The lowest BCUT2D eigenvalue weighted by Gasteiger charge is -2.11. The van der Waals surface area contributed by atoms with Crippen LogP contribution in [0.4, 0.5) is 5.69 Å². The summed E-state index contributed by atoms with van der Waals surface area (Å²) >= 11 is 0. The molecule has 0 fully saturated rings. The van der Waals surface area contributed by atoms with E-state index in [1.54, 1.807) is 0 Å². The summed E-state index contributed by atoms with van der Waals surface area (Å²) < 4.78 is 5.24. The van der Waals surface area contributed by atoms with Crippen molar-refractivity contribution in [1.82, 2.24) is 10.1 Å². The molecule has 0 spiro atoms. The summed E-state index contributed by atoms with van der Waals surface area (Å²) in [5.41, 5.74) is 7.63. The van der Waals surface area contributed by atoms with Gasteiger partial charge in [-0.2, -0.15) is 4.98 Å². The summed E-state index contributed by atoms with van der Waals surface area (Å²) in [5, 5.41) is 3.94. The number of aromatic nitrogens is 2. The van der Waals surface area contributed by atoms with Crippen molar-refractivity contribution in [3.05, 3.63) is 30.1 Å². The Bertz CT molecular complexity index is 504. The second-order valence-electron chi connectivity index (χ2n) is 4.54. The highest BCUT2D eigenvalue weighted by molar-refractivity contribution is 5.58. The van der Waals surface area contributed by atoms with Crippen LogP contribution in [0, 0.1) is 0 Å². The Labute approximate surface area is 107 Å². The van der Waals surface area contributed by atoms with Gasteiger partial charge in [-0.1, -0.05) is 12.1 Å². The second-order valence-corrected chi connectivity index (χ2v) is 4.54. The minimum atomic E-state index is 0.114. The van der Waals surface area contributed by atoms with Gasteiger partial charge in [0.05, 0.1) is 0 Å². The van der Waals surface area contributed by atoms with Crippen LogP contribution >= 0.6 is 0 Å². The van der Waals surface area contributed by atoms with E-state index in [1.807, 2.05) is 50.2 Å². The first-order chi connectivity index (χ1) is 8.61. The van der Waals surface area contributed by atoms with Crippen LogP contribution in [0.1, 0.15) is 18.7 Å². The molecule has 1 heterocycles. The van der Waals surface area contributed by atoms with Crippen LogP contribution in [0.15, 0.2) is 28.8 Å². The molecule has 0 amide bonds. The summed E-state index contributed by atoms with van der Waals surface area (Å²) in [4.78, 5) is 6.40.